The molecule has 144 valence electrons. The molecule has 0 aromatic heterocycles. The second-order valence-electron chi connectivity index (χ2n) is 7.00. The zero-order chi connectivity index (χ0) is 19.6. The minimum atomic E-state index is -3.60. The van der Waals surface area contributed by atoms with Crippen molar-refractivity contribution in [3.05, 3.63) is 58.1 Å². The molecular weight excluding hydrogens is 428 g/mol. The van der Waals surface area contributed by atoms with E-state index in [4.69, 9.17) is 0 Å². The third kappa shape index (κ3) is 4.42. The first-order valence-corrected chi connectivity index (χ1v) is 11.2. The van der Waals surface area contributed by atoms with Crippen LogP contribution in [0, 0.1) is 12.8 Å². The van der Waals surface area contributed by atoms with Gasteiger partial charge in [-0.2, -0.15) is 4.31 Å². The molecule has 1 N–H and O–H groups in total. The molecule has 7 heteroatoms. The summed E-state index contributed by atoms with van der Waals surface area (Å²) in [6.07, 6.45) is 1.72. The molecule has 0 spiro atoms. The van der Waals surface area contributed by atoms with Gasteiger partial charge in [0.2, 0.25) is 10.0 Å². The summed E-state index contributed by atoms with van der Waals surface area (Å²) in [7, 11) is -3.60. The summed E-state index contributed by atoms with van der Waals surface area (Å²) in [6, 6.07) is 12.1. The lowest BCUT2D eigenvalue weighted by molar-refractivity contribution is 0.102. The monoisotopic (exact) mass is 450 g/mol. The Morgan fingerprint density at radius 3 is 2.48 bits per heavy atom. The van der Waals surface area contributed by atoms with Crippen LogP contribution in [0.2, 0.25) is 0 Å². The minimum absolute atomic E-state index is 0.167. The summed E-state index contributed by atoms with van der Waals surface area (Å²) in [5.41, 5.74) is 1.73. The van der Waals surface area contributed by atoms with Crippen LogP contribution in [-0.4, -0.2) is 31.7 Å². The lowest BCUT2D eigenvalue weighted by atomic mass is 10.0. The van der Waals surface area contributed by atoms with E-state index in [1.807, 2.05) is 18.2 Å². The number of aryl methyl sites for hydroxylation is 1. The van der Waals surface area contributed by atoms with E-state index in [1.54, 1.807) is 25.1 Å². The van der Waals surface area contributed by atoms with Gasteiger partial charge in [-0.15, -0.1) is 0 Å². The van der Waals surface area contributed by atoms with E-state index in [-0.39, 0.29) is 10.8 Å². The molecule has 0 unspecified atom stereocenters. The zero-order valence-electron chi connectivity index (χ0n) is 15.4. The van der Waals surface area contributed by atoms with E-state index in [1.165, 1.54) is 10.4 Å². The van der Waals surface area contributed by atoms with E-state index in [0.717, 1.165) is 22.9 Å². The number of halogens is 1. The summed E-state index contributed by atoms with van der Waals surface area (Å²) < 4.78 is 28.2. The Hall–Kier alpha value is -1.70. The maximum absolute atomic E-state index is 13.0. The van der Waals surface area contributed by atoms with Crippen molar-refractivity contribution in [1.82, 2.24) is 4.31 Å². The number of carbonyl (C=O) groups is 1. The van der Waals surface area contributed by atoms with Crippen molar-refractivity contribution in [3.63, 3.8) is 0 Å². The first-order valence-electron chi connectivity index (χ1n) is 8.95. The number of benzene rings is 2. The fraction of sp³-hybridized carbons (Fsp3) is 0.350. The molecule has 0 saturated carbocycles. The Bertz CT molecular complexity index is 951. The quantitative estimate of drug-likeness (QED) is 0.748. The van der Waals surface area contributed by atoms with Crippen LogP contribution in [0.4, 0.5) is 5.69 Å². The molecule has 1 heterocycles. The number of carbonyl (C=O) groups excluding carboxylic acids is 1. The van der Waals surface area contributed by atoms with Crippen molar-refractivity contribution in [3.8, 4) is 0 Å². The van der Waals surface area contributed by atoms with Gasteiger partial charge in [-0.05, 0) is 71.4 Å². The summed E-state index contributed by atoms with van der Waals surface area (Å²) in [6.45, 7) is 4.99. The maximum atomic E-state index is 13.0. The number of amides is 1. The van der Waals surface area contributed by atoms with E-state index >= 15 is 0 Å². The van der Waals surface area contributed by atoms with Crippen LogP contribution >= 0.6 is 15.9 Å². The van der Waals surface area contributed by atoms with Gasteiger partial charge in [0.1, 0.15) is 0 Å². The standard InChI is InChI=1S/C20H23BrN2O3S/c1-14-9-11-23(12-10-14)27(25,26)16-8-7-15(2)17(13-16)20(24)22-19-6-4-3-5-18(19)21/h3-8,13-14H,9-12H2,1-2H3,(H,22,24). The molecule has 2 aromatic rings. The van der Waals surface area contributed by atoms with Crippen LogP contribution in [-0.2, 0) is 10.0 Å². The Morgan fingerprint density at radius 2 is 1.81 bits per heavy atom. The third-order valence-electron chi connectivity index (χ3n) is 4.96. The fourth-order valence-electron chi connectivity index (χ4n) is 3.13. The number of rotatable bonds is 4. The van der Waals surface area contributed by atoms with Crippen LogP contribution in [0.3, 0.4) is 0 Å². The molecule has 5 nitrogen and oxygen atoms in total. The Kier molecular flexibility index (Phi) is 6.03. The first-order chi connectivity index (χ1) is 12.8. The van der Waals surface area contributed by atoms with Crippen molar-refractivity contribution in [2.45, 2.75) is 31.6 Å². The van der Waals surface area contributed by atoms with E-state index in [0.29, 0.717) is 30.3 Å². The molecule has 2 aromatic carbocycles. The predicted octanol–water partition coefficient (Wildman–Crippen LogP) is 4.43. The Labute approximate surface area is 169 Å². The summed E-state index contributed by atoms with van der Waals surface area (Å²) in [5.74, 6) is 0.212. The number of piperidine rings is 1. The third-order valence-corrected chi connectivity index (χ3v) is 7.54. The highest BCUT2D eigenvalue weighted by atomic mass is 79.9. The fourth-order valence-corrected chi connectivity index (χ4v) is 5.01. The number of nitrogens with zero attached hydrogens (tertiary/aromatic N) is 1. The molecule has 0 radical (unpaired) electrons. The zero-order valence-corrected chi connectivity index (χ0v) is 17.8. The molecule has 1 aliphatic heterocycles. The highest BCUT2D eigenvalue weighted by molar-refractivity contribution is 9.10. The number of anilines is 1. The summed E-state index contributed by atoms with van der Waals surface area (Å²) in [5, 5.41) is 2.84. The first kappa shape index (κ1) is 20.0. The Morgan fingerprint density at radius 1 is 1.15 bits per heavy atom. The normalized spacial score (nSPS) is 16.3. The van der Waals surface area contributed by atoms with E-state index in [2.05, 4.69) is 28.2 Å². The molecular formula is C20H23BrN2O3S. The van der Waals surface area contributed by atoms with E-state index < -0.39 is 10.0 Å². The SMILES string of the molecule is Cc1ccc(S(=O)(=O)N2CCC(C)CC2)cc1C(=O)Nc1ccccc1Br. The van der Waals surface area contributed by atoms with Gasteiger partial charge in [0.15, 0.2) is 0 Å². The molecule has 0 bridgehead atoms. The van der Waals surface area contributed by atoms with Gasteiger partial charge in [0, 0.05) is 23.1 Å². The van der Waals surface area contributed by atoms with Crippen molar-refractivity contribution in [1.29, 1.82) is 0 Å². The second kappa shape index (κ2) is 8.12. The van der Waals surface area contributed by atoms with Gasteiger partial charge in [-0.25, -0.2) is 8.42 Å². The number of hydrogen-bond acceptors (Lipinski definition) is 3. The molecule has 3 rings (SSSR count). The van der Waals surface area contributed by atoms with Crippen molar-refractivity contribution in [2.24, 2.45) is 5.92 Å². The molecule has 1 amide bonds. The van der Waals surface area contributed by atoms with Crippen molar-refractivity contribution >= 4 is 37.5 Å². The summed E-state index contributed by atoms with van der Waals surface area (Å²) in [4.78, 5) is 12.9. The highest BCUT2D eigenvalue weighted by Crippen LogP contribution is 2.26. The van der Waals surface area contributed by atoms with Gasteiger partial charge in [0.25, 0.3) is 5.91 Å². The van der Waals surface area contributed by atoms with Crippen LogP contribution in [0.5, 0.6) is 0 Å². The lowest BCUT2D eigenvalue weighted by Gasteiger charge is -2.29. The van der Waals surface area contributed by atoms with Gasteiger partial charge >= 0.3 is 0 Å². The van der Waals surface area contributed by atoms with Crippen molar-refractivity contribution < 1.29 is 13.2 Å². The predicted molar refractivity (Wildman–Crippen MR) is 110 cm³/mol. The minimum Gasteiger partial charge on any atom is -0.321 e. The topological polar surface area (TPSA) is 66.5 Å². The maximum Gasteiger partial charge on any atom is 0.256 e. The average molecular weight is 451 g/mol. The van der Waals surface area contributed by atoms with Crippen molar-refractivity contribution in [2.75, 3.05) is 18.4 Å². The smallest absolute Gasteiger partial charge is 0.256 e. The molecule has 0 aliphatic carbocycles. The van der Waals surface area contributed by atoms with Crippen LogP contribution in [0.25, 0.3) is 0 Å². The second-order valence-corrected chi connectivity index (χ2v) is 9.79. The van der Waals surface area contributed by atoms with Crippen LogP contribution < -0.4 is 5.32 Å². The highest BCUT2D eigenvalue weighted by Gasteiger charge is 2.29. The summed E-state index contributed by atoms with van der Waals surface area (Å²) >= 11 is 3.40. The van der Waals surface area contributed by atoms with Crippen LogP contribution in [0.1, 0.15) is 35.7 Å². The molecule has 1 fully saturated rings. The van der Waals surface area contributed by atoms with Gasteiger partial charge in [0.05, 0.1) is 10.6 Å². The van der Waals surface area contributed by atoms with Gasteiger partial charge < -0.3 is 5.32 Å². The van der Waals surface area contributed by atoms with Crippen LogP contribution in [0.15, 0.2) is 51.8 Å². The number of nitrogens with one attached hydrogen (secondary N) is 1. The molecule has 1 saturated heterocycles. The van der Waals surface area contributed by atoms with Gasteiger partial charge in [-0.1, -0.05) is 25.1 Å². The largest absolute Gasteiger partial charge is 0.321 e. The molecule has 27 heavy (non-hydrogen) atoms. The number of hydrogen-bond donors (Lipinski definition) is 1. The van der Waals surface area contributed by atoms with Gasteiger partial charge in [-0.3, -0.25) is 4.79 Å². The number of sulfonamides is 1. The average Bonchev–Trinajstić information content (AvgIpc) is 2.64. The Balaban J connectivity index is 1.88. The number of para-hydroxylation sites is 1. The molecule has 0 atom stereocenters. The van der Waals surface area contributed by atoms with E-state index in [9.17, 15) is 13.2 Å². The lowest BCUT2D eigenvalue weighted by Crippen LogP contribution is -2.38. The molecule has 1 aliphatic rings.